The predicted octanol–water partition coefficient (Wildman–Crippen LogP) is 3.05. The van der Waals surface area contributed by atoms with E-state index in [1.54, 1.807) is 18.2 Å². The van der Waals surface area contributed by atoms with Crippen molar-refractivity contribution in [2.24, 2.45) is 0 Å². The molecule has 2 aromatic rings. The van der Waals surface area contributed by atoms with E-state index in [-0.39, 0.29) is 23.7 Å². The molecule has 2 N–H and O–H groups in total. The van der Waals surface area contributed by atoms with Crippen molar-refractivity contribution >= 4 is 11.4 Å². The lowest BCUT2D eigenvalue weighted by Gasteiger charge is -2.08. The van der Waals surface area contributed by atoms with Gasteiger partial charge in [0.15, 0.2) is 0 Å². The van der Waals surface area contributed by atoms with Gasteiger partial charge in [-0.05, 0) is 18.2 Å². The van der Waals surface area contributed by atoms with Crippen LogP contribution in [0, 0.1) is 15.9 Å². The fourth-order valence-corrected chi connectivity index (χ4v) is 1.66. The van der Waals surface area contributed by atoms with Crippen molar-refractivity contribution in [2.75, 3.05) is 5.32 Å². The second kappa shape index (κ2) is 5.34. The van der Waals surface area contributed by atoms with Gasteiger partial charge in [0.1, 0.15) is 17.3 Å². The number of para-hydroxylation sites is 1. The smallest absolute Gasteiger partial charge is 0.295 e. The molecule has 2 rings (SSSR count). The number of nitro benzene ring substituents is 1. The van der Waals surface area contributed by atoms with E-state index in [2.05, 4.69) is 5.32 Å². The molecule has 0 radical (unpaired) electrons. The van der Waals surface area contributed by atoms with Gasteiger partial charge in [-0.3, -0.25) is 10.1 Å². The second-order valence-electron chi connectivity index (χ2n) is 3.90. The fraction of sp³-hybridized carbons (Fsp3) is 0.0769. The summed E-state index contributed by atoms with van der Waals surface area (Å²) in [6.07, 6.45) is 0. The summed E-state index contributed by atoms with van der Waals surface area (Å²) in [5.41, 5.74) is 0.464. The first kappa shape index (κ1) is 12.8. The molecule has 0 aliphatic heterocycles. The van der Waals surface area contributed by atoms with Crippen LogP contribution < -0.4 is 5.32 Å². The first-order chi connectivity index (χ1) is 9.08. The number of benzene rings is 2. The second-order valence-corrected chi connectivity index (χ2v) is 3.90. The molecule has 0 spiro atoms. The molecule has 0 atom stereocenters. The largest absolute Gasteiger partial charge is 0.508 e. The van der Waals surface area contributed by atoms with E-state index in [9.17, 15) is 19.6 Å². The molecule has 0 bridgehead atoms. The van der Waals surface area contributed by atoms with Gasteiger partial charge in [-0.1, -0.05) is 18.2 Å². The van der Waals surface area contributed by atoms with E-state index < -0.39 is 10.7 Å². The monoisotopic (exact) mass is 262 g/mol. The summed E-state index contributed by atoms with van der Waals surface area (Å²) in [6, 6.07) is 9.93. The number of phenolic OH excluding ortho intramolecular Hbond substituents is 1. The zero-order valence-electron chi connectivity index (χ0n) is 9.84. The summed E-state index contributed by atoms with van der Waals surface area (Å²) in [6.45, 7) is 0.207. The molecule has 0 saturated carbocycles. The van der Waals surface area contributed by atoms with Gasteiger partial charge in [0.25, 0.3) is 5.69 Å². The molecule has 19 heavy (non-hydrogen) atoms. The van der Waals surface area contributed by atoms with Gasteiger partial charge in [-0.25, -0.2) is 4.39 Å². The third kappa shape index (κ3) is 2.98. The van der Waals surface area contributed by atoms with E-state index in [1.165, 1.54) is 12.1 Å². The summed E-state index contributed by atoms with van der Waals surface area (Å²) in [7, 11) is 0. The zero-order chi connectivity index (χ0) is 13.8. The molecular weight excluding hydrogens is 251 g/mol. The number of nitrogens with one attached hydrogen (secondary N) is 1. The Balaban J connectivity index is 2.20. The van der Waals surface area contributed by atoms with Crippen molar-refractivity contribution in [3.8, 4) is 5.75 Å². The Kier molecular flexibility index (Phi) is 3.61. The van der Waals surface area contributed by atoms with Crippen molar-refractivity contribution in [1.82, 2.24) is 0 Å². The van der Waals surface area contributed by atoms with Crippen LogP contribution in [0.4, 0.5) is 15.8 Å². The van der Waals surface area contributed by atoms with E-state index in [0.717, 1.165) is 12.1 Å². The lowest BCUT2D eigenvalue weighted by Crippen LogP contribution is -2.03. The van der Waals surface area contributed by atoms with Gasteiger partial charge in [0.05, 0.1) is 11.0 Å². The van der Waals surface area contributed by atoms with Gasteiger partial charge < -0.3 is 10.4 Å². The van der Waals surface area contributed by atoms with E-state index in [1.807, 2.05) is 0 Å². The first-order valence-corrected chi connectivity index (χ1v) is 5.52. The quantitative estimate of drug-likeness (QED) is 0.656. The highest BCUT2D eigenvalue weighted by Gasteiger charge is 2.14. The zero-order valence-corrected chi connectivity index (χ0v) is 9.84. The van der Waals surface area contributed by atoms with Crippen LogP contribution in [-0.2, 0) is 6.54 Å². The van der Waals surface area contributed by atoms with Gasteiger partial charge in [-0.2, -0.15) is 0 Å². The van der Waals surface area contributed by atoms with Crippen LogP contribution in [0.2, 0.25) is 0 Å². The predicted molar refractivity (Wildman–Crippen MR) is 68.5 cm³/mol. The average Bonchev–Trinajstić information content (AvgIpc) is 2.38. The Hall–Kier alpha value is -2.63. The molecule has 0 heterocycles. The van der Waals surface area contributed by atoms with Crippen molar-refractivity contribution in [1.29, 1.82) is 0 Å². The van der Waals surface area contributed by atoms with Crippen LogP contribution in [-0.4, -0.2) is 10.0 Å². The van der Waals surface area contributed by atoms with Gasteiger partial charge in [0.2, 0.25) is 0 Å². The van der Waals surface area contributed by atoms with Crippen molar-refractivity contribution in [2.45, 2.75) is 6.54 Å². The summed E-state index contributed by atoms with van der Waals surface area (Å²) in [5.74, 6) is -0.570. The number of hydrogen-bond donors (Lipinski definition) is 2. The summed E-state index contributed by atoms with van der Waals surface area (Å²) >= 11 is 0. The molecule has 0 amide bonds. The summed E-state index contributed by atoms with van der Waals surface area (Å²) < 4.78 is 13.0. The molecule has 0 unspecified atom stereocenters. The molecule has 0 saturated heterocycles. The normalized spacial score (nSPS) is 10.2. The number of phenols is 1. The number of nitro groups is 1. The SMILES string of the molecule is O=[N+]([O-])c1cc(F)ccc1NCc1ccccc1O. The maximum atomic E-state index is 13.0. The molecule has 0 fully saturated rings. The van der Waals surface area contributed by atoms with Crippen LogP contribution in [0.1, 0.15) is 5.56 Å². The molecule has 0 aliphatic rings. The minimum atomic E-state index is -0.667. The third-order valence-electron chi connectivity index (χ3n) is 2.62. The molecular formula is C13H11FN2O3. The minimum Gasteiger partial charge on any atom is -0.508 e. The number of nitrogens with zero attached hydrogens (tertiary/aromatic N) is 1. The molecule has 0 aromatic heterocycles. The Morgan fingerprint density at radius 3 is 2.68 bits per heavy atom. The highest BCUT2D eigenvalue weighted by Crippen LogP contribution is 2.26. The number of aromatic hydroxyl groups is 1. The Bertz CT molecular complexity index is 617. The number of rotatable bonds is 4. The Labute approximate surface area is 108 Å². The number of anilines is 1. The standard InChI is InChI=1S/C13H11FN2O3/c14-10-5-6-11(12(7-10)16(18)19)15-8-9-3-1-2-4-13(9)17/h1-7,15,17H,8H2. The van der Waals surface area contributed by atoms with E-state index in [0.29, 0.717) is 5.56 Å². The van der Waals surface area contributed by atoms with Crippen molar-refractivity contribution < 1.29 is 14.4 Å². The van der Waals surface area contributed by atoms with Gasteiger partial charge >= 0.3 is 0 Å². The van der Waals surface area contributed by atoms with Crippen LogP contribution in [0.25, 0.3) is 0 Å². The molecule has 5 nitrogen and oxygen atoms in total. The van der Waals surface area contributed by atoms with E-state index >= 15 is 0 Å². The molecule has 0 aliphatic carbocycles. The van der Waals surface area contributed by atoms with Crippen LogP contribution >= 0.6 is 0 Å². The van der Waals surface area contributed by atoms with Crippen LogP contribution in [0.3, 0.4) is 0 Å². The minimum absolute atomic E-state index is 0.0970. The Morgan fingerprint density at radius 2 is 2.00 bits per heavy atom. The topological polar surface area (TPSA) is 75.4 Å². The number of hydrogen-bond acceptors (Lipinski definition) is 4. The third-order valence-corrected chi connectivity index (χ3v) is 2.62. The van der Waals surface area contributed by atoms with Crippen molar-refractivity contribution in [3.05, 3.63) is 64.0 Å². The van der Waals surface area contributed by atoms with Gasteiger partial charge in [-0.15, -0.1) is 0 Å². The maximum absolute atomic E-state index is 13.0. The summed E-state index contributed by atoms with van der Waals surface area (Å²) in [4.78, 5) is 10.1. The molecule has 6 heteroatoms. The van der Waals surface area contributed by atoms with Gasteiger partial charge in [0, 0.05) is 12.1 Å². The highest BCUT2D eigenvalue weighted by molar-refractivity contribution is 5.61. The van der Waals surface area contributed by atoms with Crippen molar-refractivity contribution in [3.63, 3.8) is 0 Å². The summed E-state index contributed by atoms with van der Waals surface area (Å²) in [5, 5.41) is 23.2. The van der Waals surface area contributed by atoms with Crippen LogP contribution in [0.5, 0.6) is 5.75 Å². The highest BCUT2D eigenvalue weighted by atomic mass is 19.1. The molecule has 2 aromatic carbocycles. The fourth-order valence-electron chi connectivity index (χ4n) is 1.66. The molecule has 98 valence electrons. The van der Waals surface area contributed by atoms with Crippen LogP contribution in [0.15, 0.2) is 42.5 Å². The first-order valence-electron chi connectivity index (χ1n) is 5.52. The maximum Gasteiger partial charge on any atom is 0.295 e. The average molecular weight is 262 g/mol. The number of halogens is 1. The van der Waals surface area contributed by atoms with E-state index in [4.69, 9.17) is 0 Å². The lowest BCUT2D eigenvalue weighted by molar-refractivity contribution is -0.384. The Morgan fingerprint density at radius 1 is 1.26 bits per heavy atom. The lowest BCUT2D eigenvalue weighted by atomic mass is 10.2.